The predicted molar refractivity (Wildman–Crippen MR) is 67.8 cm³/mol. The van der Waals surface area contributed by atoms with E-state index >= 15 is 0 Å². The Balaban J connectivity index is 0. The van der Waals surface area contributed by atoms with Crippen LogP contribution in [-0.4, -0.2) is 25.0 Å². The van der Waals surface area contributed by atoms with Gasteiger partial charge in [0, 0.05) is 6.04 Å². The predicted octanol–water partition coefficient (Wildman–Crippen LogP) is 4.18. The van der Waals surface area contributed by atoms with E-state index in [1.54, 1.807) is 0 Å². The molecule has 0 amide bonds. The van der Waals surface area contributed by atoms with Crippen LogP contribution in [0.15, 0.2) is 0 Å². The summed E-state index contributed by atoms with van der Waals surface area (Å²) in [7, 11) is 4.39. The Hall–Kier alpha value is -0.0400. The van der Waals surface area contributed by atoms with Gasteiger partial charge in [0.05, 0.1) is 0 Å². The van der Waals surface area contributed by atoms with Crippen LogP contribution in [0.3, 0.4) is 0 Å². The van der Waals surface area contributed by atoms with E-state index in [1.807, 2.05) is 27.7 Å². The Kier molecular flexibility index (Phi) is 12.9. The molecule has 1 fully saturated rings. The van der Waals surface area contributed by atoms with Gasteiger partial charge in [-0.3, -0.25) is 0 Å². The molecule has 0 radical (unpaired) electrons. The third kappa shape index (κ3) is 7.37. The molecule has 14 heavy (non-hydrogen) atoms. The summed E-state index contributed by atoms with van der Waals surface area (Å²) in [4.78, 5) is 2.37. The highest BCUT2D eigenvalue weighted by atomic mass is 15.1. The van der Waals surface area contributed by atoms with Crippen LogP contribution in [0.4, 0.5) is 0 Å². The summed E-state index contributed by atoms with van der Waals surface area (Å²) in [5.41, 5.74) is 0. The maximum Gasteiger partial charge on any atom is 0.00893 e. The minimum absolute atomic E-state index is 0.871. The molecule has 0 saturated heterocycles. The van der Waals surface area contributed by atoms with Gasteiger partial charge in [-0.25, -0.2) is 0 Å². The van der Waals surface area contributed by atoms with Gasteiger partial charge in [0.1, 0.15) is 0 Å². The lowest BCUT2D eigenvalue weighted by atomic mass is 9.87. The van der Waals surface area contributed by atoms with Crippen LogP contribution in [0.25, 0.3) is 0 Å². The molecule has 1 nitrogen and oxygen atoms in total. The first-order valence-corrected chi connectivity index (χ1v) is 6.36. The van der Waals surface area contributed by atoms with Gasteiger partial charge >= 0.3 is 0 Å². The average Bonchev–Trinajstić information content (AvgIpc) is 2.24. The molecule has 1 aliphatic carbocycles. The fourth-order valence-electron chi connectivity index (χ4n) is 1.76. The second kappa shape index (κ2) is 11.0. The normalized spacial score (nSPS) is 25.7. The molecule has 1 saturated carbocycles. The van der Waals surface area contributed by atoms with Crippen molar-refractivity contribution in [2.45, 2.75) is 66.3 Å². The van der Waals surface area contributed by atoms with Gasteiger partial charge in [0.2, 0.25) is 0 Å². The summed E-state index contributed by atoms with van der Waals surface area (Å²) < 4.78 is 0. The maximum atomic E-state index is 2.37. The summed E-state index contributed by atoms with van der Waals surface area (Å²) in [5.74, 6) is 0.983. The molecule has 1 heteroatoms. The zero-order valence-corrected chi connectivity index (χ0v) is 11.4. The standard InChI is InChI=1S/C9H19N.2C2H6/c1-8-4-6-9(7-5-8)10(2)3;2*1-2/h8-9H,4-7H2,1-3H3;2*1-2H3. The van der Waals surface area contributed by atoms with Gasteiger partial charge in [-0.15, -0.1) is 0 Å². The van der Waals surface area contributed by atoms with Crippen LogP contribution < -0.4 is 0 Å². The van der Waals surface area contributed by atoms with Gasteiger partial charge in [-0.1, -0.05) is 34.6 Å². The summed E-state index contributed by atoms with van der Waals surface area (Å²) in [6.07, 6.45) is 5.69. The highest BCUT2D eigenvalue weighted by Gasteiger charge is 2.18. The highest BCUT2D eigenvalue weighted by molar-refractivity contribution is 4.74. The SMILES string of the molecule is CC.CC.CC1CCC(N(C)C)CC1. The van der Waals surface area contributed by atoms with Crippen molar-refractivity contribution in [2.24, 2.45) is 5.92 Å². The largest absolute Gasteiger partial charge is 0.306 e. The molecule has 1 rings (SSSR count). The zero-order valence-electron chi connectivity index (χ0n) is 11.4. The number of rotatable bonds is 1. The maximum absolute atomic E-state index is 2.37. The summed E-state index contributed by atoms with van der Waals surface area (Å²) in [6.45, 7) is 10.4. The van der Waals surface area contributed by atoms with Crippen molar-refractivity contribution < 1.29 is 0 Å². The molecule has 0 aromatic carbocycles. The van der Waals surface area contributed by atoms with Crippen LogP contribution in [0.5, 0.6) is 0 Å². The Labute approximate surface area is 91.9 Å². The van der Waals surface area contributed by atoms with Crippen molar-refractivity contribution >= 4 is 0 Å². The molecular weight excluding hydrogens is 170 g/mol. The van der Waals surface area contributed by atoms with E-state index in [2.05, 4.69) is 25.9 Å². The van der Waals surface area contributed by atoms with Gasteiger partial charge in [0.15, 0.2) is 0 Å². The molecule has 0 N–H and O–H groups in total. The first-order chi connectivity index (χ1) is 6.70. The van der Waals surface area contributed by atoms with Crippen molar-refractivity contribution in [1.29, 1.82) is 0 Å². The molecule has 1 aliphatic rings. The van der Waals surface area contributed by atoms with Gasteiger partial charge < -0.3 is 4.90 Å². The smallest absolute Gasteiger partial charge is 0.00893 e. The average molecular weight is 201 g/mol. The topological polar surface area (TPSA) is 3.24 Å². The molecular formula is C13H31N. The summed E-state index contributed by atoms with van der Waals surface area (Å²) in [6, 6.07) is 0.871. The number of nitrogens with zero attached hydrogens (tertiary/aromatic N) is 1. The first kappa shape index (κ1) is 16.4. The van der Waals surface area contributed by atoms with E-state index in [-0.39, 0.29) is 0 Å². The minimum atomic E-state index is 0.871. The lowest BCUT2D eigenvalue weighted by molar-refractivity contribution is 0.200. The molecule has 0 atom stereocenters. The summed E-state index contributed by atoms with van der Waals surface area (Å²) >= 11 is 0. The van der Waals surface area contributed by atoms with Crippen LogP contribution in [0.1, 0.15) is 60.3 Å². The quantitative estimate of drug-likeness (QED) is 0.615. The molecule has 0 bridgehead atoms. The van der Waals surface area contributed by atoms with E-state index in [9.17, 15) is 0 Å². The molecule has 0 aromatic heterocycles. The summed E-state index contributed by atoms with van der Waals surface area (Å²) in [5, 5.41) is 0. The van der Waals surface area contributed by atoms with Gasteiger partial charge in [0.25, 0.3) is 0 Å². The van der Waals surface area contributed by atoms with E-state index in [0.717, 1.165) is 12.0 Å². The Bertz CT molecular complexity index is 91.4. The monoisotopic (exact) mass is 201 g/mol. The van der Waals surface area contributed by atoms with Gasteiger partial charge in [-0.05, 0) is 45.7 Å². The molecule has 0 heterocycles. The van der Waals surface area contributed by atoms with Crippen LogP contribution in [0.2, 0.25) is 0 Å². The van der Waals surface area contributed by atoms with E-state index < -0.39 is 0 Å². The van der Waals surface area contributed by atoms with Crippen molar-refractivity contribution in [3.63, 3.8) is 0 Å². The fourth-order valence-corrected chi connectivity index (χ4v) is 1.76. The van der Waals surface area contributed by atoms with Crippen LogP contribution in [0, 0.1) is 5.92 Å². The van der Waals surface area contributed by atoms with E-state index in [4.69, 9.17) is 0 Å². The third-order valence-electron chi connectivity index (χ3n) is 2.72. The van der Waals surface area contributed by atoms with Crippen LogP contribution >= 0.6 is 0 Å². The van der Waals surface area contributed by atoms with Gasteiger partial charge in [-0.2, -0.15) is 0 Å². The molecule has 88 valence electrons. The van der Waals surface area contributed by atoms with Crippen molar-refractivity contribution in [3.05, 3.63) is 0 Å². The van der Waals surface area contributed by atoms with Crippen molar-refractivity contribution in [2.75, 3.05) is 14.1 Å². The molecule has 0 spiro atoms. The highest BCUT2D eigenvalue weighted by Crippen LogP contribution is 2.25. The molecule has 0 aromatic rings. The zero-order chi connectivity index (χ0) is 11.6. The Morgan fingerprint density at radius 3 is 1.43 bits per heavy atom. The lowest BCUT2D eigenvalue weighted by Gasteiger charge is -2.30. The van der Waals surface area contributed by atoms with E-state index in [1.165, 1.54) is 25.7 Å². The van der Waals surface area contributed by atoms with Crippen molar-refractivity contribution in [1.82, 2.24) is 4.90 Å². The fraction of sp³-hybridized carbons (Fsp3) is 1.00. The molecule has 0 unspecified atom stereocenters. The third-order valence-corrected chi connectivity index (χ3v) is 2.72. The minimum Gasteiger partial charge on any atom is -0.306 e. The Morgan fingerprint density at radius 1 is 0.786 bits per heavy atom. The van der Waals surface area contributed by atoms with Crippen molar-refractivity contribution in [3.8, 4) is 0 Å². The van der Waals surface area contributed by atoms with Crippen LogP contribution in [-0.2, 0) is 0 Å². The number of hydrogen-bond acceptors (Lipinski definition) is 1. The number of hydrogen-bond donors (Lipinski definition) is 0. The second-order valence-electron chi connectivity index (χ2n) is 3.88. The second-order valence-corrected chi connectivity index (χ2v) is 3.88. The molecule has 0 aliphatic heterocycles. The Morgan fingerprint density at radius 2 is 1.14 bits per heavy atom. The first-order valence-electron chi connectivity index (χ1n) is 6.36. The lowest BCUT2D eigenvalue weighted by Crippen LogP contribution is -2.31. The van der Waals surface area contributed by atoms with E-state index in [0.29, 0.717) is 0 Å².